The van der Waals surface area contributed by atoms with Crippen molar-refractivity contribution in [1.29, 1.82) is 0 Å². The molecule has 0 rings (SSSR count). The minimum atomic E-state index is -0.632. The standard InChI is InChI=1S/C10H27NSi2/c1-8(2)11(9(3)4)13(7)10(5)12-6/h8-10,13H,12H2,1-7H3. The molecule has 2 atom stereocenters. The van der Waals surface area contributed by atoms with Crippen molar-refractivity contribution in [3.8, 4) is 0 Å². The third-order valence-electron chi connectivity index (χ3n) is 3.13. The van der Waals surface area contributed by atoms with Crippen LogP contribution in [-0.2, 0) is 0 Å². The fourth-order valence-electron chi connectivity index (χ4n) is 2.17. The topological polar surface area (TPSA) is 3.24 Å². The monoisotopic (exact) mass is 217 g/mol. The van der Waals surface area contributed by atoms with Crippen LogP contribution in [0.3, 0.4) is 0 Å². The van der Waals surface area contributed by atoms with Gasteiger partial charge in [-0.05, 0) is 17.2 Å². The fourth-order valence-corrected chi connectivity index (χ4v) is 8.10. The molecule has 0 aromatic carbocycles. The van der Waals surface area contributed by atoms with Gasteiger partial charge in [-0.3, -0.25) is 0 Å². The van der Waals surface area contributed by atoms with Gasteiger partial charge in [0.15, 0.2) is 0 Å². The molecule has 0 saturated carbocycles. The molecule has 2 unspecified atom stereocenters. The van der Waals surface area contributed by atoms with Gasteiger partial charge in [-0.15, -0.1) is 0 Å². The summed E-state index contributed by atoms with van der Waals surface area (Å²) in [6, 6.07) is 1.48. The van der Waals surface area contributed by atoms with Gasteiger partial charge in [0.25, 0.3) is 0 Å². The zero-order chi connectivity index (χ0) is 10.6. The van der Waals surface area contributed by atoms with Gasteiger partial charge < -0.3 is 4.57 Å². The molecule has 0 heterocycles. The van der Waals surface area contributed by atoms with Crippen LogP contribution in [0, 0.1) is 0 Å². The van der Waals surface area contributed by atoms with E-state index < -0.39 is 8.96 Å². The van der Waals surface area contributed by atoms with E-state index in [2.05, 4.69) is 52.3 Å². The maximum atomic E-state index is 2.78. The van der Waals surface area contributed by atoms with E-state index >= 15 is 0 Å². The molecule has 3 heteroatoms. The van der Waals surface area contributed by atoms with E-state index in [9.17, 15) is 0 Å². The summed E-state index contributed by atoms with van der Waals surface area (Å²) in [5, 5.41) is 1.07. The highest BCUT2D eigenvalue weighted by Gasteiger charge is 2.24. The van der Waals surface area contributed by atoms with Crippen molar-refractivity contribution in [3.05, 3.63) is 0 Å². The average Bonchev–Trinajstić information content (AvgIpc) is 2.01. The number of nitrogens with zero attached hydrogens (tertiary/aromatic N) is 1. The van der Waals surface area contributed by atoms with Crippen LogP contribution in [0.2, 0.25) is 18.3 Å². The maximum Gasteiger partial charge on any atom is 0.109 e. The van der Waals surface area contributed by atoms with Crippen LogP contribution in [0.15, 0.2) is 0 Å². The Morgan fingerprint density at radius 3 is 1.62 bits per heavy atom. The van der Waals surface area contributed by atoms with Crippen LogP contribution in [0.5, 0.6) is 0 Å². The Balaban J connectivity index is 4.36. The zero-order valence-corrected chi connectivity index (χ0v) is 13.0. The van der Waals surface area contributed by atoms with Crippen molar-refractivity contribution in [2.45, 2.75) is 65.0 Å². The number of hydrogen-bond donors (Lipinski definition) is 0. The normalized spacial score (nSPS) is 18.0. The van der Waals surface area contributed by atoms with Crippen molar-refractivity contribution in [1.82, 2.24) is 4.57 Å². The van der Waals surface area contributed by atoms with Crippen molar-refractivity contribution >= 4 is 18.5 Å². The second-order valence-electron chi connectivity index (χ2n) is 4.76. The van der Waals surface area contributed by atoms with E-state index in [0.29, 0.717) is 0 Å². The lowest BCUT2D eigenvalue weighted by Gasteiger charge is -2.38. The van der Waals surface area contributed by atoms with Gasteiger partial charge >= 0.3 is 0 Å². The van der Waals surface area contributed by atoms with Crippen molar-refractivity contribution in [2.24, 2.45) is 0 Å². The molecule has 0 amide bonds. The molecule has 0 bridgehead atoms. The third kappa shape index (κ3) is 3.96. The molecule has 0 N–H and O–H groups in total. The molecule has 0 saturated heterocycles. The SMILES string of the molecule is C[SiH2]C(C)[SiH](C)N(C(C)C)C(C)C. The predicted molar refractivity (Wildman–Crippen MR) is 69.0 cm³/mol. The summed E-state index contributed by atoms with van der Waals surface area (Å²) in [6.07, 6.45) is 0. The summed E-state index contributed by atoms with van der Waals surface area (Å²) in [7, 11) is -0.428. The molecule has 0 fully saturated rings. The maximum absolute atomic E-state index is 2.78. The quantitative estimate of drug-likeness (QED) is 0.637. The average molecular weight is 218 g/mol. The molecule has 0 aromatic heterocycles. The first-order valence-corrected chi connectivity index (χ1v) is 10.3. The highest BCUT2D eigenvalue weighted by molar-refractivity contribution is 6.68. The van der Waals surface area contributed by atoms with Crippen molar-refractivity contribution in [3.63, 3.8) is 0 Å². The lowest BCUT2D eigenvalue weighted by atomic mass is 10.3. The predicted octanol–water partition coefficient (Wildman–Crippen LogP) is 2.02. The molecule has 0 aliphatic carbocycles. The summed E-state index contributed by atoms with van der Waals surface area (Å²) in [4.78, 5) is 0. The zero-order valence-electron chi connectivity index (χ0n) is 10.5. The Morgan fingerprint density at radius 1 is 1.00 bits per heavy atom. The van der Waals surface area contributed by atoms with Gasteiger partial charge in [0.05, 0.1) is 0 Å². The highest BCUT2D eigenvalue weighted by atomic mass is 28.3. The van der Waals surface area contributed by atoms with Crippen LogP contribution in [0.1, 0.15) is 34.6 Å². The lowest BCUT2D eigenvalue weighted by molar-refractivity contribution is 0.302. The largest absolute Gasteiger partial charge is 0.322 e. The molecule has 0 spiro atoms. The molecule has 80 valence electrons. The number of hydrogen-bond acceptors (Lipinski definition) is 1. The van der Waals surface area contributed by atoms with Gasteiger partial charge in [-0.25, -0.2) is 0 Å². The first kappa shape index (κ1) is 13.4. The molecule has 0 aliphatic heterocycles. The first-order chi connectivity index (χ1) is 5.91. The van der Waals surface area contributed by atoms with Crippen LogP contribution >= 0.6 is 0 Å². The van der Waals surface area contributed by atoms with E-state index in [4.69, 9.17) is 0 Å². The molecular weight excluding hydrogens is 190 g/mol. The summed E-state index contributed by atoms with van der Waals surface area (Å²) in [5.74, 6) is 0. The van der Waals surface area contributed by atoms with Gasteiger partial charge in [0.2, 0.25) is 0 Å². The van der Waals surface area contributed by atoms with E-state index in [0.717, 1.165) is 17.2 Å². The molecule has 1 nitrogen and oxygen atoms in total. The van der Waals surface area contributed by atoms with Gasteiger partial charge in [0, 0.05) is 9.52 Å². The summed E-state index contributed by atoms with van der Waals surface area (Å²) < 4.78 is 2.78. The summed E-state index contributed by atoms with van der Waals surface area (Å²) >= 11 is 0. The van der Waals surface area contributed by atoms with Crippen LogP contribution in [0.4, 0.5) is 0 Å². The molecular formula is C10H27NSi2. The van der Waals surface area contributed by atoms with E-state index in [1.54, 1.807) is 0 Å². The van der Waals surface area contributed by atoms with Gasteiger partial charge in [0.1, 0.15) is 8.96 Å². The third-order valence-corrected chi connectivity index (χ3v) is 11.7. The summed E-state index contributed by atoms with van der Waals surface area (Å²) in [5.41, 5.74) is 0. The highest BCUT2D eigenvalue weighted by Crippen LogP contribution is 2.17. The first-order valence-electron chi connectivity index (χ1n) is 5.69. The second kappa shape index (κ2) is 5.99. The second-order valence-corrected chi connectivity index (χ2v) is 11.0. The van der Waals surface area contributed by atoms with E-state index in [1.165, 1.54) is 0 Å². The molecule has 13 heavy (non-hydrogen) atoms. The fraction of sp³-hybridized carbons (Fsp3) is 1.00. The molecule has 0 aromatic rings. The van der Waals surface area contributed by atoms with Crippen LogP contribution in [0.25, 0.3) is 0 Å². The van der Waals surface area contributed by atoms with Crippen LogP contribution < -0.4 is 0 Å². The Kier molecular flexibility index (Phi) is 6.17. The van der Waals surface area contributed by atoms with Gasteiger partial charge in [-0.1, -0.05) is 47.7 Å². The van der Waals surface area contributed by atoms with Gasteiger partial charge in [-0.2, -0.15) is 0 Å². The van der Waals surface area contributed by atoms with E-state index in [1.807, 2.05) is 0 Å². The molecule has 0 aliphatic rings. The Bertz CT molecular complexity index is 129. The summed E-state index contributed by atoms with van der Waals surface area (Å²) in [6.45, 7) is 16.8. The minimum Gasteiger partial charge on any atom is -0.322 e. The Hall–Kier alpha value is 0.394. The smallest absolute Gasteiger partial charge is 0.109 e. The van der Waals surface area contributed by atoms with Crippen LogP contribution in [-0.4, -0.2) is 35.1 Å². The number of rotatable bonds is 5. The van der Waals surface area contributed by atoms with Crippen molar-refractivity contribution in [2.75, 3.05) is 0 Å². The van der Waals surface area contributed by atoms with E-state index in [-0.39, 0.29) is 9.52 Å². The Morgan fingerprint density at radius 2 is 1.38 bits per heavy atom. The minimum absolute atomic E-state index is 0.204. The lowest BCUT2D eigenvalue weighted by Crippen LogP contribution is -2.49. The van der Waals surface area contributed by atoms with Crippen molar-refractivity contribution < 1.29 is 0 Å². The Labute approximate surface area is 88.4 Å². The molecule has 0 radical (unpaired) electrons.